The summed E-state index contributed by atoms with van der Waals surface area (Å²) in [7, 11) is 0. The Morgan fingerprint density at radius 1 is 1.12 bits per heavy atom. The zero-order chi connectivity index (χ0) is 23.3. The highest BCUT2D eigenvalue weighted by Crippen LogP contribution is 2.33. The number of pyridine rings is 1. The second-order valence-electron chi connectivity index (χ2n) is 8.55. The topological polar surface area (TPSA) is 84.3 Å². The molecule has 32 heavy (non-hydrogen) atoms. The molecule has 0 spiro atoms. The SMILES string of the molecule is Cc1cc(-c2cc(N=N)ccc2CCCOc2ccc(F)cc2C(C)C(C)C)cnc1N. The van der Waals surface area contributed by atoms with E-state index in [0.717, 1.165) is 46.4 Å². The summed E-state index contributed by atoms with van der Waals surface area (Å²) in [6.45, 7) is 8.80. The van der Waals surface area contributed by atoms with Gasteiger partial charge in [0, 0.05) is 17.3 Å². The highest BCUT2D eigenvalue weighted by Gasteiger charge is 2.16. The van der Waals surface area contributed by atoms with Gasteiger partial charge in [-0.2, -0.15) is 5.11 Å². The monoisotopic (exact) mass is 434 g/mol. The molecular weight excluding hydrogens is 403 g/mol. The first-order valence-corrected chi connectivity index (χ1v) is 10.9. The highest BCUT2D eigenvalue weighted by atomic mass is 19.1. The molecule has 0 amide bonds. The van der Waals surface area contributed by atoms with Crippen molar-refractivity contribution in [1.82, 2.24) is 4.98 Å². The molecule has 3 rings (SSSR count). The average Bonchev–Trinajstić information content (AvgIpc) is 2.78. The van der Waals surface area contributed by atoms with Crippen LogP contribution >= 0.6 is 0 Å². The Kier molecular flexibility index (Phi) is 7.57. The van der Waals surface area contributed by atoms with E-state index in [2.05, 4.69) is 30.9 Å². The maximum absolute atomic E-state index is 13.8. The van der Waals surface area contributed by atoms with Crippen LogP contribution in [0.5, 0.6) is 5.75 Å². The smallest absolute Gasteiger partial charge is 0.126 e. The molecule has 0 fully saturated rings. The number of nitrogens with one attached hydrogen (secondary N) is 1. The van der Waals surface area contributed by atoms with Crippen molar-refractivity contribution < 1.29 is 9.13 Å². The minimum absolute atomic E-state index is 0.203. The lowest BCUT2D eigenvalue weighted by Gasteiger charge is -2.20. The lowest BCUT2D eigenvalue weighted by Crippen LogP contribution is -2.08. The molecule has 0 aliphatic rings. The summed E-state index contributed by atoms with van der Waals surface area (Å²) in [6.07, 6.45) is 3.33. The summed E-state index contributed by atoms with van der Waals surface area (Å²) in [5, 5.41) is 3.57. The van der Waals surface area contributed by atoms with Crippen molar-refractivity contribution in [3.05, 3.63) is 71.2 Å². The summed E-state index contributed by atoms with van der Waals surface area (Å²) in [5.41, 5.74) is 18.7. The first-order valence-electron chi connectivity index (χ1n) is 10.9. The Hall–Kier alpha value is -3.28. The third kappa shape index (κ3) is 5.49. The predicted octanol–water partition coefficient (Wildman–Crippen LogP) is 7.21. The van der Waals surface area contributed by atoms with Crippen LogP contribution in [0.25, 0.3) is 11.1 Å². The third-order valence-corrected chi connectivity index (χ3v) is 5.96. The van der Waals surface area contributed by atoms with Gasteiger partial charge < -0.3 is 10.5 Å². The summed E-state index contributed by atoms with van der Waals surface area (Å²) in [4.78, 5) is 4.28. The van der Waals surface area contributed by atoms with E-state index >= 15 is 0 Å². The number of anilines is 1. The number of nitrogen functional groups attached to an aromatic ring is 1. The van der Waals surface area contributed by atoms with Crippen molar-refractivity contribution in [3.8, 4) is 16.9 Å². The van der Waals surface area contributed by atoms with Crippen LogP contribution < -0.4 is 10.5 Å². The molecule has 1 unspecified atom stereocenters. The quantitative estimate of drug-likeness (QED) is 0.275. The molecular formula is C26H31FN4O. The van der Waals surface area contributed by atoms with Crippen LogP contribution in [0.15, 0.2) is 53.8 Å². The van der Waals surface area contributed by atoms with E-state index < -0.39 is 0 Å². The van der Waals surface area contributed by atoms with Crippen molar-refractivity contribution in [3.63, 3.8) is 0 Å². The highest BCUT2D eigenvalue weighted by molar-refractivity contribution is 5.71. The minimum atomic E-state index is -0.239. The first kappa shape index (κ1) is 23.4. The fourth-order valence-electron chi connectivity index (χ4n) is 3.66. The molecule has 5 nitrogen and oxygen atoms in total. The van der Waals surface area contributed by atoms with E-state index in [-0.39, 0.29) is 11.7 Å². The van der Waals surface area contributed by atoms with Crippen LogP contribution in [0, 0.1) is 24.2 Å². The lowest BCUT2D eigenvalue weighted by atomic mass is 9.89. The summed E-state index contributed by atoms with van der Waals surface area (Å²) in [5.74, 6) is 1.61. The molecule has 0 radical (unpaired) electrons. The van der Waals surface area contributed by atoms with E-state index in [9.17, 15) is 4.39 Å². The Morgan fingerprint density at radius 3 is 2.59 bits per heavy atom. The molecule has 0 saturated heterocycles. The molecule has 1 atom stereocenters. The molecule has 0 aliphatic carbocycles. The number of hydrogen-bond acceptors (Lipinski definition) is 5. The molecule has 1 aromatic heterocycles. The normalized spacial score (nSPS) is 12.1. The van der Waals surface area contributed by atoms with E-state index in [0.29, 0.717) is 24.0 Å². The van der Waals surface area contributed by atoms with Crippen molar-refractivity contribution >= 4 is 11.5 Å². The van der Waals surface area contributed by atoms with Crippen LogP contribution in [-0.2, 0) is 6.42 Å². The zero-order valence-corrected chi connectivity index (χ0v) is 19.2. The molecule has 0 saturated carbocycles. The van der Waals surface area contributed by atoms with Crippen LogP contribution in [0.1, 0.15) is 49.8 Å². The molecule has 0 bridgehead atoms. The number of benzene rings is 2. The summed E-state index contributed by atoms with van der Waals surface area (Å²) >= 11 is 0. The van der Waals surface area contributed by atoms with Gasteiger partial charge in [-0.05, 0) is 84.7 Å². The zero-order valence-electron chi connectivity index (χ0n) is 19.2. The van der Waals surface area contributed by atoms with Gasteiger partial charge in [-0.3, -0.25) is 0 Å². The van der Waals surface area contributed by atoms with Crippen molar-refractivity contribution in [1.29, 1.82) is 5.53 Å². The number of nitrogens with two attached hydrogens (primary N) is 1. The van der Waals surface area contributed by atoms with Gasteiger partial charge in [-0.1, -0.05) is 26.8 Å². The molecule has 6 heteroatoms. The van der Waals surface area contributed by atoms with Gasteiger partial charge in [-0.15, -0.1) is 0 Å². The van der Waals surface area contributed by atoms with Crippen molar-refractivity contribution in [2.75, 3.05) is 12.3 Å². The summed E-state index contributed by atoms with van der Waals surface area (Å²) < 4.78 is 19.9. The predicted molar refractivity (Wildman–Crippen MR) is 127 cm³/mol. The van der Waals surface area contributed by atoms with Crippen LogP contribution in [0.3, 0.4) is 0 Å². The molecule has 3 N–H and O–H groups in total. The molecule has 1 heterocycles. The van der Waals surface area contributed by atoms with Gasteiger partial charge in [0.2, 0.25) is 0 Å². The number of ether oxygens (including phenoxy) is 1. The third-order valence-electron chi connectivity index (χ3n) is 5.96. The van der Waals surface area contributed by atoms with E-state index in [1.54, 1.807) is 18.3 Å². The number of hydrogen-bond donors (Lipinski definition) is 2. The lowest BCUT2D eigenvalue weighted by molar-refractivity contribution is 0.303. The van der Waals surface area contributed by atoms with Crippen LogP contribution in [0.4, 0.5) is 15.9 Å². The second kappa shape index (κ2) is 10.4. The maximum atomic E-state index is 13.8. The number of aryl methyl sites for hydroxylation is 2. The second-order valence-corrected chi connectivity index (χ2v) is 8.55. The largest absolute Gasteiger partial charge is 0.493 e. The van der Waals surface area contributed by atoms with Gasteiger partial charge in [0.05, 0.1) is 12.3 Å². The fourth-order valence-corrected chi connectivity index (χ4v) is 3.66. The maximum Gasteiger partial charge on any atom is 0.126 e. The summed E-state index contributed by atoms with van der Waals surface area (Å²) in [6, 6.07) is 12.5. The Morgan fingerprint density at radius 2 is 1.91 bits per heavy atom. The Balaban J connectivity index is 1.75. The van der Waals surface area contributed by atoms with Crippen molar-refractivity contribution in [2.45, 2.75) is 46.5 Å². The van der Waals surface area contributed by atoms with Gasteiger partial charge in [0.25, 0.3) is 0 Å². The Labute approximate surface area is 189 Å². The van der Waals surface area contributed by atoms with Crippen molar-refractivity contribution in [2.24, 2.45) is 11.0 Å². The average molecular weight is 435 g/mol. The van der Waals surface area contributed by atoms with E-state index in [1.807, 2.05) is 31.2 Å². The van der Waals surface area contributed by atoms with E-state index in [4.69, 9.17) is 16.0 Å². The van der Waals surface area contributed by atoms with Gasteiger partial charge in [-0.25, -0.2) is 14.9 Å². The van der Waals surface area contributed by atoms with Gasteiger partial charge in [0.1, 0.15) is 17.4 Å². The molecule has 0 aliphatic heterocycles. The number of rotatable bonds is 9. The Bertz CT molecular complexity index is 1100. The molecule has 3 aromatic rings. The van der Waals surface area contributed by atoms with Gasteiger partial charge >= 0.3 is 0 Å². The minimum Gasteiger partial charge on any atom is -0.493 e. The standard InChI is InChI=1S/C26H31FN4O/c1-16(2)18(4)23-13-21(27)8-10-25(23)32-11-5-6-19-7-9-22(31-29)14-24(19)20-12-17(3)26(28)30-15-20/h7-10,12-16,18,29H,5-6,11H2,1-4H3,(H2,28,30). The van der Waals surface area contributed by atoms with E-state index in [1.165, 1.54) is 6.07 Å². The fraction of sp³-hybridized carbons (Fsp3) is 0.346. The van der Waals surface area contributed by atoms with Crippen LogP contribution in [-0.4, -0.2) is 11.6 Å². The number of aromatic nitrogens is 1. The number of nitrogens with zero attached hydrogens (tertiary/aromatic N) is 2. The number of halogens is 1. The van der Waals surface area contributed by atoms with Gasteiger partial charge in [0.15, 0.2) is 0 Å². The molecule has 2 aromatic carbocycles. The molecule has 168 valence electrons. The first-order chi connectivity index (χ1) is 15.3. The van der Waals surface area contributed by atoms with Crippen LogP contribution in [0.2, 0.25) is 0 Å².